The van der Waals surface area contributed by atoms with Crippen LogP contribution in [0.1, 0.15) is 57.6 Å². The third-order valence-corrected chi connectivity index (χ3v) is 5.40. The number of β-lactam (4-membered cyclic amide) rings is 1. The quantitative estimate of drug-likeness (QED) is 0.843. The molecular weight excluding hydrogens is 300 g/mol. The summed E-state index contributed by atoms with van der Waals surface area (Å²) < 4.78 is 0. The molecule has 24 heavy (non-hydrogen) atoms. The van der Waals surface area contributed by atoms with Gasteiger partial charge in [-0.3, -0.25) is 9.59 Å². The summed E-state index contributed by atoms with van der Waals surface area (Å²) in [5, 5.41) is 2.93. The Bertz CT molecular complexity index is 591. The highest BCUT2D eigenvalue weighted by atomic mass is 16.2. The largest absolute Gasteiger partial charge is 0.354 e. The molecule has 2 aliphatic rings. The van der Waals surface area contributed by atoms with Crippen molar-refractivity contribution in [1.82, 2.24) is 10.2 Å². The number of likely N-dealkylation sites (tertiary alicyclic amines) is 1. The van der Waals surface area contributed by atoms with E-state index in [2.05, 4.69) is 31.3 Å². The summed E-state index contributed by atoms with van der Waals surface area (Å²) in [6.07, 6.45) is 5.35. The van der Waals surface area contributed by atoms with Gasteiger partial charge in [0.15, 0.2) is 0 Å². The fourth-order valence-electron chi connectivity index (χ4n) is 4.25. The Kier molecular flexibility index (Phi) is 4.93. The van der Waals surface area contributed by atoms with Crippen molar-refractivity contribution in [1.29, 1.82) is 0 Å². The van der Waals surface area contributed by atoms with E-state index in [1.165, 1.54) is 6.42 Å². The summed E-state index contributed by atoms with van der Waals surface area (Å²) in [7, 11) is 0. The number of benzene rings is 1. The normalized spacial score (nSPS) is 22.5. The van der Waals surface area contributed by atoms with Crippen molar-refractivity contribution in [2.24, 2.45) is 11.3 Å². The Hall–Kier alpha value is -1.84. The van der Waals surface area contributed by atoms with E-state index < -0.39 is 0 Å². The van der Waals surface area contributed by atoms with Crippen molar-refractivity contribution in [3.05, 3.63) is 35.9 Å². The van der Waals surface area contributed by atoms with Crippen LogP contribution in [0.2, 0.25) is 0 Å². The maximum absolute atomic E-state index is 12.9. The molecule has 1 saturated carbocycles. The van der Waals surface area contributed by atoms with Gasteiger partial charge in [0, 0.05) is 6.54 Å². The van der Waals surface area contributed by atoms with Gasteiger partial charge in [0.25, 0.3) is 0 Å². The molecule has 130 valence electrons. The molecule has 3 rings (SSSR count). The number of hydrogen-bond donors (Lipinski definition) is 1. The van der Waals surface area contributed by atoms with Crippen LogP contribution in [-0.2, 0) is 9.59 Å². The fraction of sp³-hybridized carbons (Fsp3) is 0.600. The summed E-state index contributed by atoms with van der Waals surface area (Å²) in [6, 6.07) is 10.3. The molecule has 1 heterocycles. The first-order valence-corrected chi connectivity index (χ1v) is 9.17. The smallest absolute Gasteiger partial charge is 0.239 e. The molecule has 4 nitrogen and oxygen atoms in total. The first-order valence-electron chi connectivity index (χ1n) is 9.17. The van der Waals surface area contributed by atoms with E-state index in [1.807, 2.05) is 18.2 Å². The second-order valence-corrected chi connectivity index (χ2v) is 7.66. The minimum Gasteiger partial charge on any atom is -0.354 e. The molecule has 1 N–H and O–H groups in total. The lowest BCUT2D eigenvalue weighted by Gasteiger charge is -2.58. The maximum Gasteiger partial charge on any atom is 0.239 e. The summed E-state index contributed by atoms with van der Waals surface area (Å²) in [4.78, 5) is 27.0. The lowest BCUT2D eigenvalue weighted by atomic mass is 9.60. The number of nitrogens with zero attached hydrogens (tertiary/aromatic N) is 1. The SMILES string of the molecule is CC(C)CNC(=O)CN1C(=O)C2(CCCCC2)C1c1ccccc1. The Morgan fingerprint density at radius 2 is 1.88 bits per heavy atom. The molecule has 0 radical (unpaired) electrons. The minimum absolute atomic E-state index is 0.0521. The zero-order valence-corrected chi connectivity index (χ0v) is 14.8. The van der Waals surface area contributed by atoms with Crippen molar-refractivity contribution >= 4 is 11.8 Å². The van der Waals surface area contributed by atoms with Crippen LogP contribution < -0.4 is 5.32 Å². The molecular formula is C20H28N2O2. The molecule has 1 saturated heterocycles. The molecule has 1 aromatic rings. The summed E-state index contributed by atoms with van der Waals surface area (Å²) in [6.45, 7) is 4.96. The van der Waals surface area contributed by atoms with Gasteiger partial charge < -0.3 is 10.2 Å². The van der Waals surface area contributed by atoms with Crippen molar-refractivity contribution in [3.8, 4) is 0 Å². The van der Waals surface area contributed by atoms with Crippen LogP contribution in [0.3, 0.4) is 0 Å². The molecule has 1 atom stereocenters. The van der Waals surface area contributed by atoms with E-state index in [0.29, 0.717) is 12.5 Å². The molecule has 1 spiro atoms. The Labute approximate surface area is 144 Å². The summed E-state index contributed by atoms with van der Waals surface area (Å²) >= 11 is 0. The molecule has 1 aromatic carbocycles. The second kappa shape index (κ2) is 6.96. The summed E-state index contributed by atoms with van der Waals surface area (Å²) in [5.74, 6) is 0.537. The van der Waals surface area contributed by atoms with Gasteiger partial charge in [0.05, 0.1) is 11.5 Å². The van der Waals surface area contributed by atoms with Crippen LogP contribution in [-0.4, -0.2) is 29.8 Å². The van der Waals surface area contributed by atoms with Crippen molar-refractivity contribution < 1.29 is 9.59 Å². The highest BCUT2D eigenvalue weighted by Crippen LogP contribution is 2.57. The van der Waals surface area contributed by atoms with E-state index in [0.717, 1.165) is 31.2 Å². The van der Waals surface area contributed by atoms with Gasteiger partial charge in [-0.05, 0) is 24.3 Å². The fourth-order valence-corrected chi connectivity index (χ4v) is 4.25. The molecule has 1 aliphatic heterocycles. The van der Waals surface area contributed by atoms with Crippen molar-refractivity contribution in [2.45, 2.75) is 52.0 Å². The highest BCUT2D eigenvalue weighted by Gasteiger charge is 2.60. The third kappa shape index (κ3) is 3.06. The third-order valence-electron chi connectivity index (χ3n) is 5.40. The molecule has 0 aromatic heterocycles. The van der Waals surface area contributed by atoms with Crippen LogP contribution in [0.5, 0.6) is 0 Å². The van der Waals surface area contributed by atoms with Crippen molar-refractivity contribution in [2.75, 3.05) is 13.1 Å². The van der Waals surface area contributed by atoms with Crippen LogP contribution in [0.4, 0.5) is 0 Å². The van der Waals surface area contributed by atoms with Crippen LogP contribution in [0.25, 0.3) is 0 Å². The molecule has 0 bridgehead atoms. The van der Waals surface area contributed by atoms with Gasteiger partial charge >= 0.3 is 0 Å². The molecule has 1 aliphatic carbocycles. The van der Waals surface area contributed by atoms with Gasteiger partial charge in [-0.2, -0.15) is 0 Å². The van der Waals surface area contributed by atoms with Gasteiger partial charge in [-0.15, -0.1) is 0 Å². The molecule has 2 fully saturated rings. The van der Waals surface area contributed by atoms with E-state index >= 15 is 0 Å². The number of carbonyl (C=O) groups excluding carboxylic acids is 2. The topological polar surface area (TPSA) is 49.4 Å². The minimum atomic E-state index is -0.266. The van der Waals surface area contributed by atoms with Crippen LogP contribution in [0, 0.1) is 11.3 Å². The molecule has 2 amide bonds. The van der Waals surface area contributed by atoms with Gasteiger partial charge in [-0.25, -0.2) is 0 Å². The number of hydrogen-bond acceptors (Lipinski definition) is 2. The van der Waals surface area contributed by atoms with Crippen LogP contribution in [0.15, 0.2) is 30.3 Å². The Morgan fingerprint density at radius 1 is 1.21 bits per heavy atom. The van der Waals surface area contributed by atoms with Gasteiger partial charge in [0.1, 0.15) is 6.54 Å². The van der Waals surface area contributed by atoms with Crippen molar-refractivity contribution in [3.63, 3.8) is 0 Å². The predicted molar refractivity (Wildman–Crippen MR) is 94.3 cm³/mol. The average molecular weight is 328 g/mol. The Morgan fingerprint density at radius 3 is 2.50 bits per heavy atom. The molecule has 4 heteroatoms. The first-order chi connectivity index (χ1) is 11.5. The number of carbonyl (C=O) groups is 2. The average Bonchev–Trinajstić information content (AvgIpc) is 2.61. The standard InChI is InChI=1S/C20H28N2O2/c1-15(2)13-21-17(23)14-22-18(16-9-5-3-6-10-16)20(19(22)24)11-7-4-8-12-20/h3,5-6,9-10,15,18H,4,7-8,11-14H2,1-2H3,(H,21,23). The lowest BCUT2D eigenvalue weighted by Crippen LogP contribution is -2.65. The van der Waals surface area contributed by atoms with E-state index in [4.69, 9.17) is 0 Å². The highest BCUT2D eigenvalue weighted by molar-refractivity contribution is 5.94. The lowest BCUT2D eigenvalue weighted by molar-refractivity contribution is -0.180. The van der Waals surface area contributed by atoms with Crippen LogP contribution >= 0.6 is 0 Å². The maximum atomic E-state index is 12.9. The van der Waals surface area contributed by atoms with E-state index in [-0.39, 0.29) is 29.8 Å². The summed E-state index contributed by atoms with van der Waals surface area (Å²) in [5.41, 5.74) is 0.897. The number of nitrogens with one attached hydrogen (secondary N) is 1. The van der Waals surface area contributed by atoms with E-state index in [1.54, 1.807) is 4.90 Å². The predicted octanol–water partition coefficient (Wildman–Crippen LogP) is 3.29. The number of rotatable bonds is 5. The van der Waals surface area contributed by atoms with E-state index in [9.17, 15) is 9.59 Å². The Balaban J connectivity index is 1.78. The van der Waals surface area contributed by atoms with Gasteiger partial charge in [0.2, 0.25) is 11.8 Å². The molecule has 1 unspecified atom stereocenters. The zero-order chi connectivity index (χ0) is 17.2. The number of amides is 2. The zero-order valence-electron chi connectivity index (χ0n) is 14.8. The monoisotopic (exact) mass is 328 g/mol. The second-order valence-electron chi connectivity index (χ2n) is 7.66. The first kappa shape index (κ1) is 17.0. The van der Waals surface area contributed by atoms with Gasteiger partial charge in [-0.1, -0.05) is 63.4 Å².